The third-order valence-electron chi connectivity index (χ3n) is 2.88. The minimum absolute atomic E-state index is 0.101. The summed E-state index contributed by atoms with van der Waals surface area (Å²) in [5.74, 6) is -0.314. The van der Waals surface area contributed by atoms with Crippen LogP contribution in [0.1, 0.15) is 6.23 Å². The van der Waals surface area contributed by atoms with Crippen LogP contribution >= 0.6 is 0 Å². The molecular weight excluding hydrogens is 214 g/mol. The van der Waals surface area contributed by atoms with E-state index in [0.29, 0.717) is 0 Å². The summed E-state index contributed by atoms with van der Waals surface area (Å²) in [6.45, 7) is 0.222. The van der Waals surface area contributed by atoms with Crippen molar-refractivity contribution in [1.82, 2.24) is 9.55 Å². The molecule has 16 heavy (non-hydrogen) atoms. The van der Waals surface area contributed by atoms with Gasteiger partial charge in [-0.25, -0.2) is 0 Å². The molecule has 1 saturated heterocycles. The molecule has 1 aromatic heterocycles. The summed E-state index contributed by atoms with van der Waals surface area (Å²) in [7, 11) is 0. The Morgan fingerprint density at radius 3 is 3.12 bits per heavy atom. The molecule has 1 fully saturated rings. The van der Waals surface area contributed by atoms with Crippen molar-refractivity contribution in [3.05, 3.63) is 17.8 Å². The normalized spacial score (nSPS) is 36.4. The SMILES string of the molecule is N=c1ccn2c(n1)OC[C@@H]1[C@@H](O)[C@@H](O)O[C@H]12. The van der Waals surface area contributed by atoms with Gasteiger partial charge >= 0.3 is 0 Å². The largest absolute Gasteiger partial charge is 0.464 e. The van der Waals surface area contributed by atoms with Gasteiger partial charge in [0.05, 0.1) is 5.92 Å². The number of aromatic nitrogens is 2. The number of nitrogens with one attached hydrogen (secondary N) is 1. The Labute approximate surface area is 90.4 Å². The topological polar surface area (TPSA) is 101 Å². The van der Waals surface area contributed by atoms with Crippen molar-refractivity contribution in [2.75, 3.05) is 6.61 Å². The molecule has 0 aromatic carbocycles. The number of fused-ring (bicyclic) bond motifs is 3. The average Bonchev–Trinajstić information content (AvgIpc) is 2.55. The molecule has 3 rings (SSSR count). The van der Waals surface area contributed by atoms with E-state index in [0.717, 1.165) is 0 Å². The lowest BCUT2D eigenvalue weighted by Gasteiger charge is -2.28. The van der Waals surface area contributed by atoms with Crippen molar-refractivity contribution in [3.8, 4) is 6.01 Å². The van der Waals surface area contributed by atoms with Crippen molar-refractivity contribution >= 4 is 0 Å². The van der Waals surface area contributed by atoms with E-state index in [1.165, 1.54) is 6.07 Å². The number of nitrogens with zero attached hydrogens (tertiary/aromatic N) is 2. The molecule has 0 saturated carbocycles. The quantitative estimate of drug-likeness (QED) is 0.503. The predicted molar refractivity (Wildman–Crippen MR) is 49.2 cm³/mol. The maximum atomic E-state index is 9.65. The van der Waals surface area contributed by atoms with Gasteiger partial charge in [-0.15, -0.1) is 0 Å². The zero-order valence-electron chi connectivity index (χ0n) is 8.28. The van der Waals surface area contributed by atoms with Gasteiger partial charge in [-0.05, 0) is 6.07 Å². The van der Waals surface area contributed by atoms with Crippen molar-refractivity contribution in [1.29, 1.82) is 5.41 Å². The van der Waals surface area contributed by atoms with E-state index in [9.17, 15) is 10.2 Å². The highest BCUT2D eigenvalue weighted by Crippen LogP contribution is 2.38. The average molecular weight is 225 g/mol. The lowest BCUT2D eigenvalue weighted by molar-refractivity contribution is -0.143. The molecule has 3 heterocycles. The van der Waals surface area contributed by atoms with E-state index in [1.807, 2.05) is 0 Å². The first-order valence-corrected chi connectivity index (χ1v) is 4.95. The molecule has 0 radical (unpaired) electrons. The third-order valence-corrected chi connectivity index (χ3v) is 2.88. The van der Waals surface area contributed by atoms with Crippen molar-refractivity contribution in [3.63, 3.8) is 0 Å². The van der Waals surface area contributed by atoms with Gasteiger partial charge in [0.2, 0.25) is 0 Å². The van der Waals surface area contributed by atoms with Crippen LogP contribution in [-0.4, -0.2) is 38.8 Å². The number of aliphatic hydroxyl groups excluding tert-OH is 2. The first-order valence-electron chi connectivity index (χ1n) is 4.95. The molecule has 0 bridgehead atoms. The fraction of sp³-hybridized carbons (Fsp3) is 0.556. The zero-order chi connectivity index (χ0) is 11.3. The summed E-state index contributed by atoms with van der Waals surface area (Å²) in [4.78, 5) is 3.89. The van der Waals surface area contributed by atoms with Gasteiger partial charge in [-0.1, -0.05) is 0 Å². The van der Waals surface area contributed by atoms with Crippen molar-refractivity contribution < 1.29 is 19.7 Å². The predicted octanol–water partition coefficient (Wildman–Crippen LogP) is -1.42. The highest BCUT2D eigenvalue weighted by Gasteiger charge is 2.47. The van der Waals surface area contributed by atoms with Crippen LogP contribution in [-0.2, 0) is 4.74 Å². The molecule has 0 amide bonds. The second-order valence-electron chi connectivity index (χ2n) is 3.89. The molecule has 7 nitrogen and oxygen atoms in total. The molecule has 0 spiro atoms. The van der Waals surface area contributed by atoms with Gasteiger partial charge in [0.25, 0.3) is 6.01 Å². The summed E-state index contributed by atoms with van der Waals surface area (Å²) < 4.78 is 12.1. The van der Waals surface area contributed by atoms with E-state index in [2.05, 4.69) is 4.98 Å². The highest BCUT2D eigenvalue weighted by atomic mass is 16.6. The number of hydrogen-bond donors (Lipinski definition) is 3. The number of hydrogen-bond acceptors (Lipinski definition) is 6. The van der Waals surface area contributed by atoms with Crippen LogP contribution in [0, 0.1) is 11.3 Å². The zero-order valence-corrected chi connectivity index (χ0v) is 8.28. The van der Waals surface area contributed by atoms with E-state index < -0.39 is 18.6 Å². The fourth-order valence-electron chi connectivity index (χ4n) is 2.04. The van der Waals surface area contributed by atoms with Crippen molar-refractivity contribution in [2.45, 2.75) is 18.6 Å². The monoisotopic (exact) mass is 225 g/mol. The van der Waals surface area contributed by atoms with Gasteiger partial charge in [0, 0.05) is 6.20 Å². The Hall–Kier alpha value is -1.44. The number of aliphatic hydroxyl groups is 2. The summed E-state index contributed by atoms with van der Waals surface area (Å²) in [5, 5.41) is 26.4. The van der Waals surface area contributed by atoms with Crippen LogP contribution in [0.3, 0.4) is 0 Å². The van der Waals surface area contributed by atoms with Crippen LogP contribution in [0.15, 0.2) is 12.3 Å². The van der Waals surface area contributed by atoms with Gasteiger partial charge < -0.3 is 19.7 Å². The van der Waals surface area contributed by atoms with E-state index in [-0.39, 0.29) is 24.0 Å². The fourth-order valence-corrected chi connectivity index (χ4v) is 2.04. The molecule has 0 aliphatic carbocycles. The Kier molecular flexibility index (Phi) is 2.00. The van der Waals surface area contributed by atoms with Crippen LogP contribution in [0.25, 0.3) is 0 Å². The van der Waals surface area contributed by atoms with Crippen LogP contribution in [0.4, 0.5) is 0 Å². The summed E-state index contributed by atoms with van der Waals surface area (Å²) in [6, 6.07) is 1.77. The molecule has 4 atom stereocenters. The van der Waals surface area contributed by atoms with E-state index in [4.69, 9.17) is 14.9 Å². The third kappa shape index (κ3) is 1.26. The van der Waals surface area contributed by atoms with Gasteiger partial charge in [-0.3, -0.25) is 9.98 Å². The molecule has 3 N–H and O–H groups in total. The maximum Gasteiger partial charge on any atom is 0.300 e. The minimum Gasteiger partial charge on any atom is -0.464 e. The Balaban J connectivity index is 2.04. The first kappa shape index (κ1) is 9.76. The standard InChI is InChI=1S/C9H11N3O4/c10-5-1-2-12-7-4(3-15-9(12)11-5)6(13)8(14)16-7/h1-2,4,6-8,10,13-14H,3H2/t4-,6-,7-,8+/m1/s1. The second-order valence-corrected chi connectivity index (χ2v) is 3.89. The Bertz CT molecular complexity index is 474. The minimum atomic E-state index is -1.20. The molecule has 0 unspecified atom stereocenters. The maximum absolute atomic E-state index is 9.65. The Morgan fingerprint density at radius 2 is 2.31 bits per heavy atom. The van der Waals surface area contributed by atoms with Gasteiger partial charge in [0.1, 0.15) is 18.9 Å². The van der Waals surface area contributed by atoms with Crippen LogP contribution in [0.5, 0.6) is 6.01 Å². The highest BCUT2D eigenvalue weighted by molar-refractivity contribution is 5.05. The van der Waals surface area contributed by atoms with Crippen LogP contribution in [0.2, 0.25) is 0 Å². The molecular formula is C9H11N3O4. The molecule has 2 aliphatic rings. The van der Waals surface area contributed by atoms with E-state index in [1.54, 1.807) is 10.8 Å². The summed E-state index contributed by atoms with van der Waals surface area (Å²) in [6.07, 6.45) is -1.04. The first-order chi connectivity index (χ1) is 7.66. The lowest BCUT2D eigenvalue weighted by Crippen LogP contribution is -2.36. The molecule has 2 aliphatic heterocycles. The van der Waals surface area contributed by atoms with E-state index >= 15 is 0 Å². The number of rotatable bonds is 0. The summed E-state index contributed by atoms with van der Waals surface area (Å²) in [5.41, 5.74) is 0.101. The van der Waals surface area contributed by atoms with Gasteiger partial charge in [-0.2, -0.15) is 4.98 Å². The lowest BCUT2D eigenvalue weighted by atomic mass is 10.0. The van der Waals surface area contributed by atoms with Crippen molar-refractivity contribution in [2.24, 2.45) is 5.92 Å². The molecule has 86 valence electrons. The molecule has 1 aromatic rings. The summed E-state index contributed by atoms with van der Waals surface area (Å²) >= 11 is 0. The van der Waals surface area contributed by atoms with Gasteiger partial charge in [0.15, 0.2) is 11.8 Å². The Morgan fingerprint density at radius 1 is 1.50 bits per heavy atom. The molecule has 7 heteroatoms. The second kappa shape index (κ2) is 3.27. The smallest absolute Gasteiger partial charge is 0.300 e. The van der Waals surface area contributed by atoms with Crippen LogP contribution < -0.4 is 10.2 Å². The number of ether oxygens (including phenoxy) is 2.